The van der Waals surface area contributed by atoms with Crippen LogP contribution in [0.2, 0.25) is 0 Å². The van der Waals surface area contributed by atoms with E-state index in [-0.39, 0.29) is 159 Å². The molecule has 31 heteroatoms. The Hall–Kier alpha value is -7.09. The number of hydrogen-bond acceptors (Lipinski definition) is 25. The van der Waals surface area contributed by atoms with Crippen LogP contribution in [-0.2, 0) is 42.9 Å². The summed E-state index contributed by atoms with van der Waals surface area (Å²) >= 11 is 0. The summed E-state index contributed by atoms with van der Waals surface area (Å²) in [5.74, 6) is 0.955. The van der Waals surface area contributed by atoms with E-state index in [0.717, 1.165) is 78.0 Å². The topological polar surface area (TPSA) is 303 Å². The summed E-state index contributed by atoms with van der Waals surface area (Å²) in [5.41, 5.74) is 0. The van der Waals surface area contributed by atoms with Crippen molar-refractivity contribution in [1.29, 1.82) is 0 Å². The van der Waals surface area contributed by atoms with Crippen molar-refractivity contribution in [3.8, 4) is 0 Å². The summed E-state index contributed by atoms with van der Waals surface area (Å²) in [6.07, 6.45) is 44.3. The second-order valence-electron chi connectivity index (χ2n) is 28.9. The molecule has 4 aliphatic heterocycles. The number of carbonyl (C=O) groups is 5. The number of halogens is 1. The number of hydrogen-bond donors (Lipinski definition) is 3. The van der Waals surface area contributed by atoms with Gasteiger partial charge in [0.05, 0.1) is 130 Å². The van der Waals surface area contributed by atoms with Crippen LogP contribution in [0, 0.1) is 47.3 Å². The standard InChI is InChI=1S/2C11H20N2O2.2C10H16N2O2.2C10H20N2O.C9H14N2O2.C9H16N2O.CH4.BrH.Na.H2/c2*1-5-9(2)10(11(14)15-4)13-7-6-12(3)8-13;2*1-4-8(2)9(10(13)14-3)12-6-5-11-7-12;2*1-4-9(2)10(7-13)12-6-5-11(3)8-12;1-3-7(2)8(9(12)13)11-5-4-10-6-11;1-3-8(2)9(6-12)11-5-4-10-7-11;;;;/h2*6-7,9-10H,5,8H2,1-4H3;2*5-9H,4H2,1-3H3;2*5-6,9-10,13H,4,7-8H2,1-3H3;4-8H,3H2,1-2H3,(H,12,13);4-5,7-9,12H,3,6H2,1-2H3;1H4;1H;;1H/q;;;;;;;;;;+1;/p-2/i;;;;;;;;;;;1+1. The minimum Gasteiger partial charge on any atom is -1.00 e. The number of rotatable bonds is 32. The Kier molecular flexibility index (Phi) is 58.9. The molecule has 0 saturated carbocycles. The van der Waals surface area contributed by atoms with Gasteiger partial charge in [-0.2, -0.15) is 0 Å². The van der Waals surface area contributed by atoms with Gasteiger partial charge in [0, 0.05) is 129 Å². The van der Waals surface area contributed by atoms with Crippen LogP contribution >= 0.6 is 0 Å². The smallest absolute Gasteiger partial charge is 1.00 e. The van der Waals surface area contributed by atoms with E-state index in [1.165, 1.54) is 34.8 Å². The molecule has 0 spiro atoms. The van der Waals surface area contributed by atoms with Crippen LogP contribution in [0.1, 0.15) is 195 Å². The van der Waals surface area contributed by atoms with Gasteiger partial charge >= 0.3 is 53.4 Å². The number of aliphatic hydroxyl groups excluding tert-OH is 3. The van der Waals surface area contributed by atoms with E-state index in [4.69, 9.17) is 24.1 Å². The summed E-state index contributed by atoms with van der Waals surface area (Å²) in [6, 6.07) is -0.732. The van der Waals surface area contributed by atoms with Crippen LogP contribution in [-0.4, -0.2) is 250 Å². The van der Waals surface area contributed by atoms with Gasteiger partial charge in [-0.05, 0) is 47.3 Å². The minimum absolute atomic E-state index is 0. The molecule has 8 rings (SSSR count). The van der Waals surface area contributed by atoms with Crippen LogP contribution in [0.25, 0.3) is 0 Å². The van der Waals surface area contributed by atoms with Crippen molar-refractivity contribution in [1.82, 2.24) is 77.4 Å². The van der Waals surface area contributed by atoms with Crippen LogP contribution in [0.5, 0.6) is 0 Å². The van der Waals surface area contributed by atoms with Gasteiger partial charge in [0.2, 0.25) is 0 Å². The predicted molar refractivity (Wildman–Crippen MR) is 433 cm³/mol. The third kappa shape index (κ3) is 36.6. The molecule has 0 radical (unpaired) electrons. The summed E-state index contributed by atoms with van der Waals surface area (Å²) in [6.45, 7) is 37.3. The maximum absolute atomic E-state index is 11.7. The fourth-order valence-corrected chi connectivity index (χ4v) is 12.3. The molecule has 4 aliphatic rings. The van der Waals surface area contributed by atoms with Crippen LogP contribution in [0.4, 0.5) is 0 Å². The zero-order valence-corrected chi connectivity index (χ0v) is 75.4. The van der Waals surface area contributed by atoms with Crippen molar-refractivity contribution in [2.75, 3.05) is 103 Å². The zero-order chi connectivity index (χ0) is 82.5. The quantitative estimate of drug-likeness (QED) is 0.0344. The first-order chi connectivity index (χ1) is 51.9. The molecule has 4 aromatic heterocycles. The number of carbonyl (C=O) groups excluding carboxylic acids is 5. The molecule has 0 fully saturated rings. The first-order valence-corrected chi connectivity index (χ1v) is 38.7. The summed E-state index contributed by atoms with van der Waals surface area (Å²) < 4.78 is 26.4. The third-order valence-corrected chi connectivity index (χ3v) is 21.0. The molecular weight excluding hydrogens is 1510 g/mol. The van der Waals surface area contributed by atoms with Crippen molar-refractivity contribution in [3.63, 3.8) is 0 Å². The van der Waals surface area contributed by atoms with Gasteiger partial charge in [-0.25, -0.2) is 39.1 Å². The minimum atomic E-state index is -1.05. The Morgan fingerprint density at radius 2 is 0.571 bits per heavy atom. The Labute approximate surface area is 707 Å². The molecule has 0 aromatic carbocycles. The fourth-order valence-electron chi connectivity index (χ4n) is 12.3. The fraction of sp³-hybridized carbons (Fsp3) is 0.691. The van der Waals surface area contributed by atoms with Gasteiger partial charge in [0.1, 0.15) is 24.2 Å². The first-order valence-electron chi connectivity index (χ1n) is 38.7. The number of aromatic nitrogens is 8. The van der Waals surface area contributed by atoms with Gasteiger partial charge < -0.3 is 119 Å². The van der Waals surface area contributed by atoms with Crippen molar-refractivity contribution in [2.45, 2.75) is 218 Å². The number of ether oxygens (including phenoxy) is 4. The number of imidazole rings is 4. The molecule has 16 unspecified atom stereocenters. The number of carboxylic acids is 1. The first kappa shape index (κ1) is 109. The van der Waals surface area contributed by atoms with E-state index < -0.39 is 12.0 Å². The number of esters is 4. The van der Waals surface area contributed by atoms with E-state index in [9.17, 15) is 39.3 Å². The Morgan fingerprint density at radius 3 is 0.777 bits per heavy atom. The van der Waals surface area contributed by atoms with Gasteiger partial charge in [-0.1, -0.05) is 170 Å². The summed E-state index contributed by atoms with van der Waals surface area (Å²) in [4.78, 5) is 89.7. The maximum Gasteiger partial charge on any atom is 1.00 e. The molecular formula is C81H147BrN16NaO13-. The van der Waals surface area contributed by atoms with E-state index in [0.29, 0.717) is 29.6 Å². The van der Waals surface area contributed by atoms with E-state index in [2.05, 4.69) is 135 Å². The number of nitrogens with zero attached hydrogens (tertiary/aromatic N) is 16. The largest absolute Gasteiger partial charge is 1.00 e. The SMILES string of the molecule is C.CCC(C)C(C(=O)OC)N1C=CN(C)C1.CCC(C)C(C(=O)OC)N1C=CN(C)C1.CCC(C)C(C(=O)OC)n1ccnc1.CCC(C)C(C(=O)OC)n1ccnc1.CCC(C)C(C(=O)[O-])n1ccnc1.CCC(C)C(CO)N1C=CN(C)C1.CCC(C)C(CO)N1C=CN(C)C1.CCC(C)C(CO)n1ccnc1.[2HH].[Br-].[Na+]. The number of carboxylic acid groups (broad SMARTS) is 1. The van der Waals surface area contributed by atoms with Gasteiger partial charge in [0.15, 0.2) is 0 Å². The third-order valence-electron chi connectivity index (χ3n) is 21.0. The summed E-state index contributed by atoms with van der Waals surface area (Å²) in [7, 11) is 13.8. The van der Waals surface area contributed by atoms with Crippen molar-refractivity contribution >= 4 is 29.8 Å². The zero-order valence-electron chi connectivity index (χ0n) is 71.8. The normalized spacial score (nSPS) is 17.2. The second kappa shape index (κ2) is 60.5. The summed E-state index contributed by atoms with van der Waals surface area (Å²) in [5, 5.41) is 38.5. The average Bonchev–Trinajstić information content (AvgIpc) is 1.57. The van der Waals surface area contributed by atoms with Gasteiger partial charge in [-0.3, -0.25) is 0 Å². The van der Waals surface area contributed by atoms with E-state index in [1.54, 1.807) is 76.1 Å². The monoisotopic (exact) mass is 1660 g/mol. The van der Waals surface area contributed by atoms with E-state index in [1.807, 2.05) is 123 Å². The van der Waals surface area contributed by atoms with Gasteiger partial charge in [0.25, 0.3) is 0 Å². The predicted octanol–water partition coefficient (Wildman–Crippen LogP) is 4.50. The average molecular weight is 1660 g/mol. The molecule has 4 aromatic rings. The van der Waals surface area contributed by atoms with E-state index >= 15 is 0 Å². The van der Waals surface area contributed by atoms with Crippen molar-refractivity contribution in [3.05, 3.63) is 124 Å². The number of methoxy groups -OCH3 is 4. The number of aliphatic hydroxyl groups is 3. The molecule has 0 amide bonds. The molecule has 8 heterocycles. The molecule has 0 saturated heterocycles. The molecule has 112 heavy (non-hydrogen) atoms. The molecule has 29 nitrogen and oxygen atoms in total. The second-order valence-corrected chi connectivity index (χ2v) is 28.9. The van der Waals surface area contributed by atoms with Crippen molar-refractivity contribution in [2.24, 2.45) is 47.3 Å². The Bertz CT molecular complexity index is 3010. The molecule has 0 aliphatic carbocycles. The van der Waals surface area contributed by atoms with Crippen molar-refractivity contribution < 1.29 is 111 Å². The molecule has 0 bridgehead atoms. The van der Waals surface area contributed by atoms with Gasteiger partial charge in [-0.15, -0.1) is 0 Å². The molecule has 16 atom stereocenters. The van der Waals surface area contributed by atoms with Crippen LogP contribution < -0.4 is 51.6 Å². The number of aliphatic carboxylic acids is 1. The Morgan fingerprint density at radius 1 is 0.357 bits per heavy atom. The van der Waals surface area contributed by atoms with Crippen LogP contribution in [0.3, 0.4) is 0 Å². The maximum atomic E-state index is 11.7. The van der Waals surface area contributed by atoms with Crippen LogP contribution in [0.15, 0.2) is 124 Å². The Balaban J connectivity index is -0.000000598. The molecule has 3 N–H and O–H groups in total. The molecule has 638 valence electrons.